The van der Waals surface area contributed by atoms with Crippen molar-refractivity contribution < 1.29 is 13.7 Å². The predicted molar refractivity (Wildman–Crippen MR) is 61.8 cm³/mol. The van der Waals surface area contributed by atoms with E-state index in [0.29, 0.717) is 17.6 Å². The van der Waals surface area contributed by atoms with Gasteiger partial charge in [0.2, 0.25) is 11.7 Å². The number of rotatable bonds is 3. The third-order valence-corrected chi connectivity index (χ3v) is 2.40. The molecule has 0 amide bonds. The molecule has 90 valence electrons. The largest absolute Gasteiger partial charge is 0.481 e. The fraction of sp³-hybridized carbons (Fsp3) is 0.0833. The quantitative estimate of drug-likeness (QED) is 0.703. The first kappa shape index (κ1) is 10.5. The van der Waals surface area contributed by atoms with Gasteiger partial charge in [0.15, 0.2) is 0 Å². The van der Waals surface area contributed by atoms with E-state index in [0.717, 1.165) is 11.1 Å². The van der Waals surface area contributed by atoms with Crippen LogP contribution >= 0.6 is 0 Å². The molecule has 6 heteroatoms. The van der Waals surface area contributed by atoms with Crippen molar-refractivity contribution in [2.45, 2.75) is 0 Å². The first-order valence-electron chi connectivity index (χ1n) is 5.23. The van der Waals surface area contributed by atoms with E-state index in [1.165, 1.54) is 0 Å². The van der Waals surface area contributed by atoms with Gasteiger partial charge in [-0.2, -0.15) is 4.98 Å². The lowest BCUT2D eigenvalue weighted by atomic mass is 10.3. The Hall–Kier alpha value is -2.63. The highest BCUT2D eigenvalue weighted by atomic mass is 16.5. The van der Waals surface area contributed by atoms with Crippen molar-refractivity contribution in [3.63, 3.8) is 0 Å². The van der Waals surface area contributed by atoms with Crippen LogP contribution in [0.5, 0.6) is 5.88 Å². The van der Waals surface area contributed by atoms with Crippen molar-refractivity contribution >= 4 is 0 Å². The summed E-state index contributed by atoms with van der Waals surface area (Å²) < 4.78 is 15.1. The molecule has 0 saturated heterocycles. The van der Waals surface area contributed by atoms with E-state index in [-0.39, 0.29) is 0 Å². The van der Waals surface area contributed by atoms with Crippen molar-refractivity contribution in [1.82, 2.24) is 15.1 Å². The minimum absolute atomic E-state index is 0.412. The highest BCUT2D eigenvalue weighted by Gasteiger charge is 2.11. The van der Waals surface area contributed by atoms with Gasteiger partial charge in [-0.15, -0.1) is 0 Å². The van der Waals surface area contributed by atoms with Crippen molar-refractivity contribution in [2.24, 2.45) is 0 Å². The summed E-state index contributed by atoms with van der Waals surface area (Å²) in [4.78, 5) is 8.34. The lowest BCUT2D eigenvalue weighted by Crippen LogP contribution is -1.88. The zero-order valence-corrected chi connectivity index (χ0v) is 9.53. The highest BCUT2D eigenvalue weighted by Crippen LogP contribution is 2.22. The maximum atomic E-state index is 5.14. The van der Waals surface area contributed by atoms with Crippen LogP contribution < -0.4 is 4.74 Å². The normalized spacial score (nSPS) is 10.5. The van der Waals surface area contributed by atoms with Gasteiger partial charge in [0, 0.05) is 17.8 Å². The summed E-state index contributed by atoms with van der Waals surface area (Å²) in [6.45, 7) is 0. The van der Waals surface area contributed by atoms with Crippen LogP contribution in [0.4, 0.5) is 0 Å². The van der Waals surface area contributed by atoms with Crippen LogP contribution in [0, 0.1) is 0 Å². The minimum Gasteiger partial charge on any atom is -0.481 e. The molecule has 18 heavy (non-hydrogen) atoms. The SMILES string of the molecule is COc1ccc(-c2noc(-c3ccoc3)n2)cn1. The number of pyridine rings is 1. The van der Waals surface area contributed by atoms with E-state index >= 15 is 0 Å². The number of aromatic nitrogens is 3. The van der Waals surface area contributed by atoms with Crippen LogP contribution in [0.3, 0.4) is 0 Å². The summed E-state index contributed by atoms with van der Waals surface area (Å²) in [5.74, 6) is 1.42. The third kappa shape index (κ3) is 1.84. The molecule has 0 atom stereocenters. The average Bonchev–Trinajstić information content (AvgIpc) is 3.09. The molecule has 0 unspecified atom stereocenters. The van der Waals surface area contributed by atoms with Gasteiger partial charge < -0.3 is 13.7 Å². The number of ether oxygens (including phenoxy) is 1. The maximum absolute atomic E-state index is 5.14. The monoisotopic (exact) mass is 243 g/mol. The Morgan fingerprint density at radius 3 is 2.78 bits per heavy atom. The molecule has 0 fully saturated rings. The molecule has 6 nitrogen and oxygen atoms in total. The van der Waals surface area contributed by atoms with E-state index < -0.39 is 0 Å². The standard InChI is InChI=1S/C12H9N3O3/c1-16-10-3-2-8(6-13-10)11-14-12(18-15-11)9-4-5-17-7-9/h2-7H,1H3. The molecule has 0 saturated carbocycles. The maximum Gasteiger partial charge on any atom is 0.261 e. The van der Waals surface area contributed by atoms with E-state index in [9.17, 15) is 0 Å². The molecule has 3 aromatic rings. The van der Waals surface area contributed by atoms with Gasteiger partial charge >= 0.3 is 0 Å². The Labute approximate surface area is 102 Å². The lowest BCUT2D eigenvalue weighted by Gasteiger charge is -1.97. The third-order valence-electron chi connectivity index (χ3n) is 2.40. The van der Waals surface area contributed by atoms with Crippen molar-refractivity contribution in [3.8, 4) is 28.7 Å². The van der Waals surface area contributed by atoms with Gasteiger partial charge in [-0.25, -0.2) is 4.98 Å². The second kappa shape index (κ2) is 4.33. The van der Waals surface area contributed by atoms with Crippen LogP contribution in [0.25, 0.3) is 22.8 Å². The number of hydrogen-bond acceptors (Lipinski definition) is 6. The Morgan fingerprint density at radius 2 is 2.11 bits per heavy atom. The lowest BCUT2D eigenvalue weighted by molar-refractivity contribution is 0.398. The van der Waals surface area contributed by atoms with E-state index in [2.05, 4.69) is 15.1 Å². The molecule has 0 aromatic carbocycles. The summed E-state index contributed by atoms with van der Waals surface area (Å²) in [6, 6.07) is 5.31. The van der Waals surface area contributed by atoms with Gasteiger partial charge in [-0.3, -0.25) is 0 Å². The molecule has 3 heterocycles. The van der Waals surface area contributed by atoms with Gasteiger partial charge in [0.1, 0.15) is 6.26 Å². The molecule has 0 aliphatic heterocycles. The molecular weight excluding hydrogens is 234 g/mol. The van der Waals surface area contributed by atoms with Crippen LogP contribution in [-0.2, 0) is 0 Å². The average molecular weight is 243 g/mol. The summed E-state index contributed by atoms with van der Waals surface area (Å²) >= 11 is 0. The first-order valence-corrected chi connectivity index (χ1v) is 5.23. The summed E-state index contributed by atoms with van der Waals surface area (Å²) in [5.41, 5.74) is 1.50. The Kier molecular flexibility index (Phi) is 2.53. The Bertz CT molecular complexity index is 629. The number of furan rings is 1. The van der Waals surface area contributed by atoms with Gasteiger partial charge in [-0.1, -0.05) is 5.16 Å². The fourth-order valence-corrected chi connectivity index (χ4v) is 1.48. The summed E-state index contributed by atoms with van der Waals surface area (Å²) in [5, 5.41) is 3.89. The second-order valence-electron chi connectivity index (χ2n) is 3.52. The van der Waals surface area contributed by atoms with Crippen LogP contribution in [0.2, 0.25) is 0 Å². The van der Waals surface area contributed by atoms with E-state index in [1.54, 1.807) is 38.0 Å². The van der Waals surface area contributed by atoms with Crippen LogP contribution in [-0.4, -0.2) is 22.2 Å². The molecule has 0 spiro atoms. The second-order valence-corrected chi connectivity index (χ2v) is 3.52. The molecule has 3 rings (SSSR count). The molecule has 0 N–H and O–H groups in total. The molecule has 3 aromatic heterocycles. The van der Waals surface area contributed by atoms with Crippen molar-refractivity contribution in [2.75, 3.05) is 7.11 Å². The van der Waals surface area contributed by atoms with Gasteiger partial charge in [-0.05, 0) is 12.1 Å². The van der Waals surface area contributed by atoms with Crippen molar-refractivity contribution in [3.05, 3.63) is 36.9 Å². The zero-order valence-electron chi connectivity index (χ0n) is 9.53. The van der Waals surface area contributed by atoms with E-state index in [4.69, 9.17) is 13.7 Å². The number of nitrogens with zero attached hydrogens (tertiary/aromatic N) is 3. The topological polar surface area (TPSA) is 74.2 Å². The molecular formula is C12H9N3O3. The Balaban J connectivity index is 1.92. The number of hydrogen-bond donors (Lipinski definition) is 0. The molecule has 0 aliphatic carbocycles. The first-order chi connectivity index (χ1) is 8.86. The van der Waals surface area contributed by atoms with Gasteiger partial charge in [0.25, 0.3) is 5.89 Å². The predicted octanol–water partition coefficient (Wildman–Crippen LogP) is 2.40. The molecule has 0 radical (unpaired) electrons. The summed E-state index contributed by atoms with van der Waals surface area (Å²) in [7, 11) is 1.56. The molecule has 0 bridgehead atoms. The van der Waals surface area contributed by atoms with E-state index in [1.807, 2.05) is 6.07 Å². The fourth-order valence-electron chi connectivity index (χ4n) is 1.48. The highest BCUT2D eigenvalue weighted by molar-refractivity contribution is 5.58. The molecule has 0 aliphatic rings. The van der Waals surface area contributed by atoms with Crippen LogP contribution in [0.15, 0.2) is 45.9 Å². The van der Waals surface area contributed by atoms with Crippen molar-refractivity contribution in [1.29, 1.82) is 0 Å². The minimum atomic E-state index is 0.412. The summed E-state index contributed by atoms with van der Waals surface area (Å²) in [6.07, 6.45) is 4.72. The van der Waals surface area contributed by atoms with Crippen LogP contribution in [0.1, 0.15) is 0 Å². The number of methoxy groups -OCH3 is 1. The van der Waals surface area contributed by atoms with Gasteiger partial charge in [0.05, 0.1) is 18.9 Å². The Morgan fingerprint density at radius 1 is 1.17 bits per heavy atom. The zero-order chi connectivity index (χ0) is 12.4. The smallest absolute Gasteiger partial charge is 0.261 e.